The fraction of sp³-hybridized carbons (Fsp3) is 0.217. The van der Waals surface area contributed by atoms with Crippen LogP contribution in [0.5, 0.6) is 5.75 Å². The molecule has 1 nitrogen and oxygen atoms in total. The molecule has 24 heavy (non-hydrogen) atoms. The van der Waals surface area contributed by atoms with Crippen LogP contribution >= 0.6 is 0 Å². The zero-order chi connectivity index (χ0) is 17.1. The average Bonchev–Trinajstić information content (AvgIpc) is 2.61. The van der Waals surface area contributed by atoms with Gasteiger partial charge in [-0.15, -0.1) is 0 Å². The molecular formula is C23H24O. The SMILES string of the molecule is Cc1cc(O)c(C(C)c2ccccc2)c(C(C)c2ccccc2)c1. The van der Waals surface area contributed by atoms with E-state index in [-0.39, 0.29) is 11.8 Å². The van der Waals surface area contributed by atoms with Crippen molar-refractivity contribution in [3.05, 3.63) is 101 Å². The molecule has 0 radical (unpaired) electrons. The van der Waals surface area contributed by atoms with E-state index in [1.165, 1.54) is 16.7 Å². The van der Waals surface area contributed by atoms with Gasteiger partial charge in [-0.2, -0.15) is 0 Å². The number of aromatic hydroxyl groups is 1. The summed E-state index contributed by atoms with van der Waals surface area (Å²) in [5.41, 5.74) is 5.81. The van der Waals surface area contributed by atoms with Gasteiger partial charge in [-0.25, -0.2) is 0 Å². The number of hydrogen-bond donors (Lipinski definition) is 1. The van der Waals surface area contributed by atoms with E-state index >= 15 is 0 Å². The van der Waals surface area contributed by atoms with Crippen molar-refractivity contribution >= 4 is 0 Å². The Hall–Kier alpha value is -2.54. The van der Waals surface area contributed by atoms with Crippen molar-refractivity contribution < 1.29 is 5.11 Å². The monoisotopic (exact) mass is 316 g/mol. The number of hydrogen-bond acceptors (Lipinski definition) is 1. The van der Waals surface area contributed by atoms with Gasteiger partial charge in [0, 0.05) is 17.4 Å². The topological polar surface area (TPSA) is 20.2 Å². The van der Waals surface area contributed by atoms with E-state index in [0.717, 1.165) is 11.1 Å². The first-order chi connectivity index (χ1) is 11.6. The van der Waals surface area contributed by atoms with Crippen molar-refractivity contribution in [1.82, 2.24) is 0 Å². The summed E-state index contributed by atoms with van der Waals surface area (Å²) in [7, 11) is 0. The van der Waals surface area contributed by atoms with Gasteiger partial charge >= 0.3 is 0 Å². The summed E-state index contributed by atoms with van der Waals surface area (Å²) in [5, 5.41) is 10.7. The maximum atomic E-state index is 10.7. The van der Waals surface area contributed by atoms with Gasteiger partial charge in [0.1, 0.15) is 5.75 Å². The molecule has 0 saturated carbocycles. The summed E-state index contributed by atoms with van der Waals surface area (Å²) in [6.07, 6.45) is 0. The Morgan fingerprint density at radius 2 is 1.21 bits per heavy atom. The normalized spacial score (nSPS) is 13.5. The van der Waals surface area contributed by atoms with Gasteiger partial charge in [-0.3, -0.25) is 0 Å². The molecule has 1 N–H and O–H groups in total. The molecule has 3 aromatic rings. The van der Waals surface area contributed by atoms with Crippen LogP contribution in [0.4, 0.5) is 0 Å². The Kier molecular flexibility index (Phi) is 4.71. The van der Waals surface area contributed by atoms with Crippen LogP contribution in [0.1, 0.15) is 53.5 Å². The lowest BCUT2D eigenvalue weighted by molar-refractivity contribution is 0.464. The van der Waals surface area contributed by atoms with Crippen LogP contribution in [0.3, 0.4) is 0 Å². The number of aryl methyl sites for hydroxylation is 1. The Bertz CT molecular complexity index is 806. The van der Waals surface area contributed by atoms with Crippen LogP contribution in [0.25, 0.3) is 0 Å². The summed E-state index contributed by atoms with van der Waals surface area (Å²) < 4.78 is 0. The van der Waals surface area contributed by atoms with Gasteiger partial charge in [0.25, 0.3) is 0 Å². The molecule has 0 saturated heterocycles. The van der Waals surface area contributed by atoms with Crippen LogP contribution in [0.2, 0.25) is 0 Å². The Balaban J connectivity index is 2.12. The van der Waals surface area contributed by atoms with E-state index in [1.807, 2.05) is 25.1 Å². The molecule has 0 heterocycles. The van der Waals surface area contributed by atoms with Crippen LogP contribution in [0, 0.1) is 6.92 Å². The summed E-state index contributed by atoms with van der Waals surface area (Å²) >= 11 is 0. The van der Waals surface area contributed by atoms with Gasteiger partial charge in [0.05, 0.1) is 0 Å². The third-order valence-electron chi connectivity index (χ3n) is 4.83. The first-order valence-electron chi connectivity index (χ1n) is 8.51. The lowest BCUT2D eigenvalue weighted by Crippen LogP contribution is -2.06. The second kappa shape index (κ2) is 6.92. The molecule has 2 atom stereocenters. The van der Waals surface area contributed by atoms with Crippen molar-refractivity contribution in [3.63, 3.8) is 0 Å². The number of phenolic OH excluding ortho intramolecular Hbond substituents is 1. The summed E-state index contributed by atoms with van der Waals surface area (Å²) in [4.78, 5) is 0. The lowest BCUT2D eigenvalue weighted by Gasteiger charge is -2.23. The molecule has 0 bridgehead atoms. The standard InChI is InChI=1S/C23H24O/c1-16-14-21(17(2)19-10-6-4-7-11-19)23(22(24)15-16)18(3)20-12-8-5-9-13-20/h4-15,17-18,24H,1-3H3. The minimum atomic E-state index is 0.146. The molecule has 0 aliphatic heterocycles. The predicted octanol–water partition coefficient (Wildman–Crippen LogP) is 6.00. The maximum absolute atomic E-state index is 10.7. The second-order valence-electron chi connectivity index (χ2n) is 6.55. The molecule has 0 amide bonds. The predicted molar refractivity (Wildman–Crippen MR) is 101 cm³/mol. The first-order valence-corrected chi connectivity index (χ1v) is 8.51. The lowest BCUT2D eigenvalue weighted by atomic mass is 9.81. The minimum Gasteiger partial charge on any atom is -0.508 e. The van der Waals surface area contributed by atoms with Crippen molar-refractivity contribution in [1.29, 1.82) is 0 Å². The molecule has 3 rings (SSSR count). The molecule has 0 aliphatic carbocycles. The Morgan fingerprint density at radius 1 is 0.708 bits per heavy atom. The van der Waals surface area contributed by atoms with Crippen molar-refractivity contribution in [2.24, 2.45) is 0 Å². The number of phenols is 1. The zero-order valence-corrected chi connectivity index (χ0v) is 14.5. The average molecular weight is 316 g/mol. The highest BCUT2D eigenvalue weighted by molar-refractivity contribution is 5.51. The van der Waals surface area contributed by atoms with Gasteiger partial charge in [0.2, 0.25) is 0 Å². The molecule has 122 valence electrons. The first kappa shape index (κ1) is 16.3. The molecule has 0 aromatic heterocycles. The Labute approximate surface area is 144 Å². The van der Waals surface area contributed by atoms with Crippen molar-refractivity contribution in [3.8, 4) is 5.75 Å². The molecule has 0 fully saturated rings. The molecule has 3 aromatic carbocycles. The highest BCUT2D eigenvalue weighted by atomic mass is 16.3. The van der Waals surface area contributed by atoms with E-state index in [0.29, 0.717) is 5.75 Å². The van der Waals surface area contributed by atoms with E-state index in [4.69, 9.17) is 0 Å². The highest BCUT2D eigenvalue weighted by Gasteiger charge is 2.21. The molecular weight excluding hydrogens is 292 g/mol. The van der Waals surface area contributed by atoms with E-state index in [2.05, 4.69) is 68.4 Å². The zero-order valence-electron chi connectivity index (χ0n) is 14.5. The third-order valence-corrected chi connectivity index (χ3v) is 4.83. The molecule has 1 heteroatoms. The van der Waals surface area contributed by atoms with Gasteiger partial charge in [0.15, 0.2) is 0 Å². The minimum absolute atomic E-state index is 0.146. The van der Waals surface area contributed by atoms with Gasteiger partial charge in [-0.1, -0.05) is 80.6 Å². The Morgan fingerprint density at radius 3 is 1.75 bits per heavy atom. The van der Waals surface area contributed by atoms with E-state index in [1.54, 1.807) is 0 Å². The molecule has 0 spiro atoms. The van der Waals surface area contributed by atoms with Gasteiger partial charge < -0.3 is 5.11 Å². The highest BCUT2D eigenvalue weighted by Crippen LogP contribution is 2.39. The second-order valence-corrected chi connectivity index (χ2v) is 6.55. The van der Waals surface area contributed by atoms with E-state index < -0.39 is 0 Å². The fourth-order valence-corrected chi connectivity index (χ4v) is 3.47. The summed E-state index contributed by atoms with van der Waals surface area (Å²) in [5.74, 6) is 0.773. The fourth-order valence-electron chi connectivity index (χ4n) is 3.47. The maximum Gasteiger partial charge on any atom is 0.119 e. The van der Waals surface area contributed by atoms with Crippen molar-refractivity contribution in [2.45, 2.75) is 32.6 Å². The largest absolute Gasteiger partial charge is 0.508 e. The third kappa shape index (κ3) is 3.21. The van der Waals surface area contributed by atoms with E-state index in [9.17, 15) is 5.11 Å². The summed E-state index contributed by atoms with van der Waals surface area (Å²) in [6, 6.07) is 25.0. The quantitative estimate of drug-likeness (QED) is 0.625. The number of rotatable bonds is 4. The molecule has 2 unspecified atom stereocenters. The van der Waals surface area contributed by atoms with Gasteiger partial charge in [-0.05, 0) is 35.2 Å². The van der Waals surface area contributed by atoms with Crippen LogP contribution < -0.4 is 0 Å². The number of benzene rings is 3. The molecule has 0 aliphatic rings. The van der Waals surface area contributed by atoms with Crippen LogP contribution in [0.15, 0.2) is 72.8 Å². The smallest absolute Gasteiger partial charge is 0.119 e. The van der Waals surface area contributed by atoms with Crippen LogP contribution in [-0.4, -0.2) is 5.11 Å². The van der Waals surface area contributed by atoms with Crippen LogP contribution in [-0.2, 0) is 0 Å². The summed E-state index contributed by atoms with van der Waals surface area (Å²) in [6.45, 7) is 6.42. The van der Waals surface area contributed by atoms with Crippen molar-refractivity contribution in [2.75, 3.05) is 0 Å².